The van der Waals surface area contributed by atoms with Crippen LogP contribution in [-0.4, -0.2) is 9.55 Å². The maximum atomic E-state index is 13.5. The molecule has 0 spiro atoms. The normalized spacial score (nSPS) is 13.7. The van der Waals surface area contributed by atoms with E-state index in [1.165, 1.54) is 51.8 Å². The number of benzene rings is 4. The summed E-state index contributed by atoms with van der Waals surface area (Å²) in [6.45, 7) is 17.9. The van der Waals surface area contributed by atoms with Crippen molar-refractivity contribution in [2.24, 2.45) is 0 Å². The van der Waals surface area contributed by atoms with Crippen molar-refractivity contribution in [1.82, 2.24) is 9.55 Å². The lowest BCUT2D eigenvalue weighted by molar-refractivity contribution is 0.495. The third-order valence-electron chi connectivity index (χ3n) is 9.04. The molecule has 6 aromatic rings. The Morgan fingerprint density at radius 1 is 0.638 bits per heavy atom. The topological polar surface area (TPSA) is 17.8 Å². The molecular formula is C43H46F2N2. The van der Waals surface area contributed by atoms with Crippen LogP contribution in [0.15, 0.2) is 97.1 Å². The first-order valence-electron chi connectivity index (χ1n) is 16.8. The Morgan fingerprint density at radius 3 is 1.66 bits per heavy atom. The SMILES string of the molecule is CC(C)(C)c1c(C2CC2)nc2ccccc2c1-c1ccc(F)cc1.CC(C)n1c(C(C)(C)C)c(-c2ccc(F)cc2)c2ccccc21. The van der Waals surface area contributed by atoms with Crippen molar-refractivity contribution in [2.45, 2.75) is 91.0 Å². The Kier molecular flexibility index (Phi) is 8.59. The van der Waals surface area contributed by atoms with Gasteiger partial charge in [-0.25, -0.2) is 8.78 Å². The van der Waals surface area contributed by atoms with Gasteiger partial charge in [0, 0.05) is 50.6 Å². The molecule has 47 heavy (non-hydrogen) atoms. The monoisotopic (exact) mass is 628 g/mol. The van der Waals surface area contributed by atoms with Crippen molar-refractivity contribution >= 4 is 21.8 Å². The van der Waals surface area contributed by atoms with E-state index in [-0.39, 0.29) is 22.5 Å². The third-order valence-corrected chi connectivity index (χ3v) is 9.04. The van der Waals surface area contributed by atoms with E-state index in [1.54, 1.807) is 24.3 Å². The van der Waals surface area contributed by atoms with Crippen LogP contribution < -0.4 is 0 Å². The van der Waals surface area contributed by atoms with E-state index in [1.807, 2.05) is 30.3 Å². The molecule has 0 amide bonds. The van der Waals surface area contributed by atoms with Crippen molar-refractivity contribution in [1.29, 1.82) is 0 Å². The quantitative estimate of drug-likeness (QED) is 0.190. The predicted octanol–water partition coefficient (Wildman–Crippen LogP) is 12.5. The average Bonchev–Trinajstić information content (AvgIpc) is 3.81. The molecule has 2 aromatic heterocycles. The summed E-state index contributed by atoms with van der Waals surface area (Å²) < 4.78 is 29.3. The number of nitrogens with zero attached hydrogens (tertiary/aromatic N) is 2. The van der Waals surface area contributed by atoms with E-state index >= 15 is 0 Å². The number of fused-ring (bicyclic) bond motifs is 2. The van der Waals surface area contributed by atoms with Crippen LogP contribution >= 0.6 is 0 Å². The van der Waals surface area contributed by atoms with Crippen LogP contribution in [0.5, 0.6) is 0 Å². The molecule has 0 N–H and O–H groups in total. The number of hydrogen-bond acceptors (Lipinski definition) is 1. The van der Waals surface area contributed by atoms with Gasteiger partial charge >= 0.3 is 0 Å². The number of pyridine rings is 1. The zero-order chi connectivity index (χ0) is 33.7. The van der Waals surface area contributed by atoms with Gasteiger partial charge in [-0.15, -0.1) is 0 Å². The summed E-state index contributed by atoms with van der Waals surface area (Å²) in [6.07, 6.45) is 2.44. The van der Waals surface area contributed by atoms with Gasteiger partial charge in [-0.3, -0.25) is 4.98 Å². The van der Waals surface area contributed by atoms with Gasteiger partial charge in [-0.2, -0.15) is 0 Å². The minimum Gasteiger partial charge on any atom is -0.341 e. The molecule has 0 aliphatic heterocycles. The van der Waals surface area contributed by atoms with Crippen LogP contribution in [0.25, 0.3) is 44.1 Å². The second-order valence-corrected chi connectivity index (χ2v) is 15.3. The zero-order valence-electron chi connectivity index (χ0n) is 29.0. The lowest BCUT2D eigenvalue weighted by atomic mass is 9.78. The molecular weight excluding hydrogens is 582 g/mol. The molecule has 0 bridgehead atoms. The first-order chi connectivity index (χ1) is 22.3. The molecule has 4 heteroatoms. The Bertz CT molecular complexity index is 2030. The fraction of sp³-hybridized carbons (Fsp3) is 0.326. The van der Waals surface area contributed by atoms with Crippen molar-refractivity contribution in [3.05, 3.63) is 126 Å². The highest BCUT2D eigenvalue weighted by Gasteiger charge is 2.34. The van der Waals surface area contributed by atoms with Crippen LogP contribution in [0.3, 0.4) is 0 Å². The second-order valence-electron chi connectivity index (χ2n) is 15.3. The Labute approximate surface area is 278 Å². The first-order valence-corrected chi connectivity index (χ1v) is 16.8. The Morgan fingerprint density at radius 2 is 1.15 bits per heavy atom. The highest BCUT2D eigenvalue weighted by molar-refractivity contribution is 5.99. The van der Waals surface area contributed by atoms with Crippen LogP contribution in [0.4, 0.5) is 8.78 Å². The van der Waals surface area contributed by atoms with Crippen LogP contribution in [-0.2, 0) is 10.8 Å². The van der Waals surface area contributed by atoms with Crippen LogP contribution in [0, 0.1) is 11.6 Å². The molecule has 2 heterocycles. The molecule has 0 radical (unpaired) electrons. The van der Waals surface area contributed by atoms with Gasteiger partial charge in [-0.1, -0.05) is 102 Å². The number of para-hydroxylation sites is 2. The highest BCUT2D eigenvalue weighted by Crippen LogP contribution is 2.48. The summed E-state index contributed by atoms with van der Waals surface area (Å²) in [5.74, 6) is 0.179. The van der Waals surface area contributed by atoms with Gasteiger partial charge in [0.2, 0.25) is 0 Å². The summed E-state index contributed by atoms with van der Waals surface area (Å²) in [4.78, 5) is 5.03. The zero-order valence-corrected chi connectivity index (χ0v) is 29.0. The van der Waals surface area contributed by atoms with Crippen molar-refractivity contribution in [2.75, 3.05) is 0 Å². The molecule has 1 saturated carbocycles. The van der Waals surface area contributed by atoms with E-state index in [0.717, 1.165) is 22.0 Å². The largest absolute Gasteiger partial charge is 0.341 e. The first kappa shape index (κ1) is 32.6. The minimum absolute atomic E-state index is 0.00694. The molecule has 7 rings (SSSR count). The minimum atomic E-state index is -0.197. The fourth-order valence-electron chi connectivity index (χ4n) is 7.00. The second kappa shape index (κ2) is 12.4. The third kappa shape index (κ3) is 6.48. The number of aromatic nitrogens is 2. The molecule has 2 nitrogen and oxygen atoms in total. The van der Waals surface area contributed by atoms with Gasteiger partial charge < -0.3 is 4.57 Å². The summed E-state index contributed by atoms with van der Waals surface area (Å²) in [5.41, 5.74) is 10.7. The summed E-state index contributed by atoms with van der Waals surface area (Å²) in [5, 5.41) is 2.39. The summed E-state index contributed by atoms with van der Waals surface area (Å²) >= 11 is 0. The number of halogens is 2. The van der Waals surface area contributed by atoms with Gasteiger partial charge in [-0.05, 0) is 90.8 Å². The summed E-state index contributed by atoms with van der Waals surface area (Å²) in [6, 6.07) is 30.9. The van der Waals surface area contributed by atoms with Gasteiger partial charge in [0.25, 0.3) is 0 Å². The molecule has 1 aliphatic carbocycles. The van der Waals surface area contributed by atoms with Gasteiger partial charge in [0.1, 0.15) is 11.6 Å². The molecule has 242 valence electrons. The molecule has 4 aromatic carbocycles. The molecule has 0 saturated heterocycles. The van der Waals surface area contributed by atoms with E-state index in [4.69, 9.17) is 4.98 Å². The van der Waals surface area contributed by atoms with Crippen molar-refractivity contribution in [3.8, 4) is 22.3 Å². The lowest BCUT2D eigenvalue weighted by Crippen LogP contribution is -2.20. The molecule has 1 fully saturated rings. The predicted molar refractivity (Wildman–Crippen MR) is 194 cm³/mol. The van der Waals surface area contributed by atoms with E-state index in [0.29, 0.717) is 12.0 Å². The molecule has 1 aliphatic rings. The molecule has 0 unspecified atom stereocenters. The average molecular weight is 629 g/mol. The fourth-order valence-corrected chi connectivity index (χ4v) is 7.00. The van der Waals surface area contributed by atoms with E-state index in [2.05, 4.69) is 102 Å². The van der Waals surface area contributed by atoms with Gasteiger partial charge in [0.15, 0.2) is 0 Å². The smallest absolute Gasteiger partial charge is 0.123 e. The van der Waals surface area contributed by atoms with Crippen molar-refractivity contribution < 1.29 is 8.78 Å². The Balaban J connectivity index is 0.000000165. The standard InChI is InChI=1S/C22H22FN.C21H24FN/c1-22(2,3)20-19(14-10-12-16(23)13-11-14)17-6-4-5-7-18(17)24-21(20)15-8-9-15;1-14(2)23-18-9-7-6-8-17(18)19(20(23)21(3,4)5)15-10-12-16(22)13-11-15/h4-7,10-13,15H,8-9H2,1-3H3;6-14H,1-5H3. The van der Waals surface area contributed by atoms with Gasteiger partial charge in [0.05, 0.1) is 5.52 Å². The van der Waals surface area contributed by atoms with Crippen molar-refractivity contribution in [3.63, 3.8) is 0 Å². The maximum absolute atomic E-state index is 13.5. The van der Waals surface area contributed by atoms with Crippen LogP contribution in [0.2, 0.25) is 0 Å². The van der Waals surface area contributed by atoms with E-state index < -0.39 is 0 Å². The highest BCUT2D eigenvalue weighted by atomic mass is 19.1. The maximum Gasteiger partial charge on any atom is 0.123 e. The summed E-state index contributed by atoms with van der Waals surface area (Å²) in [7, 11) is 0. The number of hydrogen-bond donors (Lipinski definition) is 0. The van der Waals surface area contributed by atoms with E-state index in [9.17, 15) is 8.78 Å². The van der Waals surface area contributed by atoms with Crippen LogP contribution in [0.1, 0.15) is 97.1 Å². The molecule has 0 atom stereocenters. The lowest BCUT2D eigenvalue weighted by Gasteiger charge is -2.27. The number of rotatable bonds is 4. The Hall–Kier alpha value is -4.31.